The van der Waals surface area contributed by atoms with Gasteiger partial charge in [-0.15, -0.1) is 0 Å². The van der Waals surface area contributed by atoms with Crippen molar-refractivity contribution in [2.45, 2.75) is 69.6 Å². The second-order valence-corrected chi connectivity index (χ2v) is 6.32. The number of hydrogen-bond donors (Lipinski definition) is 3. The molecule has 0 aromatic carbocycles. The van der Waals surface area contributed by atoms with E-state index in [4.69, 9.17) is 5.73 Å². The minimum absolute atomic E-state index is 0.327. The van der Waals surface area contributed by atoms with Crippen molar-refractivity contribution in [2.24, 2.45) is 11.7 Å². The highest BCUT2D eigenvalue weighted by Gasteiger charge is 2.26. The fourth-order valence-corrected chi connectivity index (χ4v) is 3.25. The summed E-state index contributed by atoms with van der Waals surface area (Å²) in [5.74, 6) is 0.617. The van der Waals surface area contributed by atoms with E-state index in [1.54, 1.807) is 6.20 Å². The van der Waals surface area contributed by atoms with Crippen LogP contribution in [-0.2, 0) is 6.42 Å². The third-order valence-electron chi connectivity index (χ3n) is 4.59. The van der Waals surface area contributed by atoms with E-state index in [0.717, 1.165) is 12.1 Å². The Morgan fingerprint density at radius 3 is 2.62 bits per heavy atom. The van der Waals surface area contributed by atoms with Crippen LogP contribution in [0.25, 0.3) is 0 Å². The van der Waals surface area contributed by atoms with Crippen molar-refractivity contribution in [2.75, 3.05) is 0 Å². The third kappa shape index (κ3) is 5.38. The predicted molar refractivity (Wildman–Crippen MR) is 83.7 cm³/mol. The lowest BCUT2D eigenvalue weighted by molar-refractivity contribution is -0.00559. The zero-order valence-electron chi connectivity index (χ0n) is 12.7. The van der Waals surface area contributed by atoms with Gasteiger partial charge in [0.2, 0.25) is 0 Å². The van der Waals surface area contributed by atoms with Crippen molar-refractivity contribution in [1.29, 1.82) is 0 Å². The van der Waals surface area contributed by atoms with Gasteiger partial charge in [-0.05, 0) is 37.3 Å². The quantitative estimate of drug-likeness (QED) is 0.718. The highest BCUT2D eigenvalue weighted by Crippen LogP contribution is 2.28. The first kappa shape index (κ1) is 16.4. The number of pyridine rings is 1. The first-order valence-electron chi connectivity index (χ1n) is 8.18. The molecule has 0 aliphatic heterocycles. The first-order valence-corrected chi connectivity index (χ1v) is 8.18. The molecule has 3 atom stereocenters. The monoisotopic (exact) mass is 292 g/mol. The molecule has 118 valence electrons. The molecule has 4 N–H and O–H groups in total. The van der Waals surface area contributed by atoms with E-state index in [-0.39, 0.29) is 6.04 Å². The Morgan fingerprint density at radius 1 is 1.19 bits per heavy atom. The van der Waals surface area contributed by atoms with Gasteiger partial charge in [0, 0.05) is 17.9 Å². The van der Waals surface area contributed by atoms with E-state index in [9.17, 15) is 10.2 Å². The molecule has 0 bridgehead atoms. The number of nitrogens with zero attached hydrogens (tertiary/aromatic N) is 1. The normalized spacial score (nSPS) is 20.9. The van der Waals surface area contributed by atoms with Crippen LogP contribution in [0.5, 0.6) is 0 Å². The SMILES string of the molecule is N[C@@H](CC1CCCCC1)C(O)[C@@H](O)CCc1ccccn1. The van der Waals surface area contributed by atoms with Crippen LogP contribution in [0, 0.1) is 5.92 Å². The number of aliphatic hydroxyl groups is 2. The summed E-state index contributed by atoms with van der Waals surface area (Å²) in [6, 6.07) is 5.41. The van der Waals surface area contributed by atoms with E-state index < -0.39 is 12.2 Å². The summed E-state index contributed by atoms with van der Waals surface area (Å²) in [7, 11) is 0. The average molecular weight is 292 g/mol. The zero-order valence-corrected chi connectivity index (χ0v) is 12.7. The van der Waals surface area contributed by atoms with Gasteiger partial charge in [-0.25, -0.2) is 0 Å². The molecule has 4 heteroatoms. The molecule has 4 nitrogen and oxygen atoms in total. The fraction of sp³-hybridized carbons (Fsp3) is 0.706. The molecule has 0 spiro atoms. The van der Waals surface area contributed by atoms with Crippen LogP contribution in [-0.4, -0.2) is 33.4 Å². The molecule has 1 fully saturated rings. The first-order chi connectivity index (χ1) is 10.2. The van der Waals surface area contributed by atoms with Gasteiger partial charge in [0.25, 0.3) is 0 Å². The molecule has 1 aliphatic carbocycles. The Balaban J connectivity index is 1.73. The lowest BCUT2D eigenvalue weighted by atomic mass is 9.83. The molecule has 21 heavy (non-hydrogen) atoms. The van der Waals surface area contributed by atoms with Crippen molar-refractivity contribution in [1.82, 2.24) is 4.98 Å². The second kappa shape index (κ2) is 8.47. The maximum absolute atomic E-state index is 10.2. The van der Waals surface area contributed by atoms with Gasteiger partial charge in [0.15, 0.2) is 0 Å². The highest BCUT2D eigenvalue weighted by atomic mass is 16.3. The van der Waals surface area contributed by atoms with Gasteiger partial charge >= 0.3 is 0 Å². The molecule has 1 aliphatic rings. The number of nitrogens with two attached hydrogens (primary N) is 1. The molecule has 2 rings (SSSR count). The van der Waals surface area contributed by atoms with E-state index in [0.29, 0.717) is 18.8 Å². The largest absolute Gasteiger partial charge is 0.390 e. The number of rotatable bonds is 7. The Bertz CT molecular complexity index is 393. The maximum atomic E-state index is 10.2. The molecule has 0 radical (unpaired) electrons. The Kier molecular flexibility index (Phi) is 6.61. The molecule has 0 amide bonds. The topological polar surface area (TPSA) is 79.4 Å². The molecular formula is C17H28N2O2. The minimum Gasteiger partial charge on any atom is -0.390 e. The van der Waals surface area contributed by atoms with Crippen molar-refractivity contribution in [3.63, 3.8) is 0 Å². The van der Waals surface area contributed by atoms with Crippen LogP contribution < -0.4 is 5.73 Å². The van der Waals surface area contributed by atoms with Crippen molar-refractivity contribution < 1.29 is 10.2 Å². The lowest BCUT2D eigenvalue weighted by Gasteiger charge is -2.29. The van der Waals surface area contributed by atoms with Gasteiger partial charge in [-0.3, -0.25) is 4.98 Å². The molecule has 1 unspecified atom stereocenters. The van der Waals surface area contributed by atoms with Crippen LogP contribution in [0.15, 0.2) is 24.4 Å². The lowest BCUT2D eigenvalue weighted by Crippen LogP contribution is -2.44. The summed E-state index contributed by atoms with van der Waals surface area (Å²) in [5.41, 5.74) is 7.03. The number of aryl methyl sites for hydroxylation is 1. The van der Waals surface area contributed by atoms with Gasteiger partial charge < -0.3 is 15.9 Å². The van der Waals surface area contributed by atoms with Gasteiger partial charge in [-0.1, -0.05) is 38.2 Å². The van der Waals surface area contributed by atoms with E-state index in [1.165, 1.54) is 32.1 Å². The fourth-order valence-electron chi connectivity index (χ4n) is 3.25. The maximum Gasteiger partial charge on any atom is 0.0949 e. The van der Waals surface area contributed by atoms with E-state index >= 15 is 0 Å². The summed E-state index contributed by atoms with van der Waals surface area (Å²) < 4.78 is 0. The number of hydrogen-bond acceptors (Lipinski definition) is 4. The Morgan fingerprint density at radius 2 is 1.95 bits per heavy atom. The van der Waals surface area contributed by atoms with Crippen molar-refractivity contribution >= 4 is 0 Å². The summed E-state index contributed by atoms with van der Waals surface area (Å²) in [6.45, 7) is 0. The molecule has 1 aromatic heterocycles. The second-order valence-electron chi connectivity index (χ2n) is 6.32. The third-order valence-corrected chi connectivity index (χ3v) is 4.59. The zero-order chi connectivity index (χ0) is 15.1. The van der Waals surface area contributed by atoms with Crippen LogP contribution in [0.4, 0.5) is 0 Å². The van der Waals surface area contributed by atoms with Crippen LogP contribution in [0.2, 0.25) is 0 Å². The Hall–Kier alpha value is -0.970. The molecule has 1 aromatic rings. The van der Waals surface area contributed by atoms with Crippen molar-refractivity contribution in [3.8, 4) is 0 Å². The molecule has 1 saturated carbocycles. The van der Waals surface area contributed by atoms with Crippen LogP contribution >= 0.6 is 0 Å². The average Bonchev–Trinajstić information content (AvgIpc) is 2.53. The number of aromatic nitrogens is 1. The molecule has 1 heterocycles. The van der Waals surface area contributed by atoms with Crippen LogP contribution in [0.3, 0.4) is 0 Å². The molecular weight excluding hydrogens is 264 g/mol. The standard InChI is InChI=1S/C17H28N2O2/c18-15(12-13-6-2-1-3-7-13)17(21)16(20)10-9-14-8-4-5-11-19-14/h4-5,8,11,13,15-17,20-21H,1-3,6-7,9-10,12,18H2/t15-,16-,17?/m0/s1. The van der Waals surface area contributed by atoms with Gasteiger partial charge in [0.05, 0.1) is 12.2 Å². The van der Waals surface area contributed by atoms with Gasteiger partial charge in [0.1, 0.15) is 0 Å². The number of aliphatic hydroxyl groups excluding tert-OH is 2. The summed E-state index contributed by atoms with van der Waals surface area (Å²) in [6.07, 6.45) is 8.41. The minimum atomic E-state index is -0.837. The summed E-state index contributed by atoms with van der Waals surface area (Å²) in [5, 5.41) is 20.3. The van der Waals surface area contributed by atoms with E-state index in [1.807, 2.05) is 18.2 Å². The highest BCUT2D eigenvalue weighted by molar-refractivity contribution is 5.03. The summed E-state index contributed by atoms with van der Waals surface area (Å²) >= 11 is 0. The van der Waals surface area contributed by atoms with E-state index in [2.05, 4.69) is 4.98 Å². The van der Waals surface area contributed by atoms with Crippen molar-refractivity contribution in [3.05, 3.63) is 30.1 Å². The Labute approximate surface area is 127 Å². The predicted octanol–water partition coefficient (Wildman–Crippen LogP) is 2.03. The smallest absolute Gasteiger partial charge is 0.0949 e. The summed E-state index contributed by atoms with van der Waals surface area (Å²) in [4.78, 5) is 4.22. The van der Waals surface area contributed by atoms with Crippen LogP contribution in [0.1, 0.15) is 50.6 Å². The van der Waals surface area contributed by atoms with Gasteiger partial charge in [-0.2, -0.15) is 0 Å². The molecule has 0 saturated heterocycles.